The molecule has 2 N–H and O–H groups in total. The molecule has 1 aliphatic rings. The molecule has 124 valence electrons. The lowest BCUT2D eigenvalue weighted by molar-refractivity contribution is -0.132. The van der Waals surface area contributed by atoms with Gasteiger partial charge in [-0.2, -0.15) is 0 Å². The molecular weight excluding hydrogens is 351 g/mol. The maximum atomic E-state index is 14.0. The van der Waals surface area contributed by atoms with Crippen molar-refractivity contribution in [3.63, 3.8) is 0 Å². The summed E-state index contributed by atoms with van der Waals surface area (Å²) in [5.74, 6) is -4.75. The summed E-state index contributed by atoms with van der Waals surface area (Å²) in [7, 11) is 0. The highest BCUT2D eigenvalue weighted by atomic mass is 35.5. The van der Waals surface area contributed by atoms with Crippen LogP contribution in [0.4, 0.5) is 8.78 Å². The molecular formula is C15H13Cl2F2NO3. The number of aliphatic carboxylic acids is 1. The van der Waals surface area contributed by atoms with Crippen LogP contribution in [0.25, 0.3) is 5.76 Å². The number of nitrogens with zero attached hydrogens (tertiary/aromatic N) is 1. The smallest absolute Gasteiger partial charge is 0.341 e. The Morgan fingerprint density at radius 1 is 1.35 bits per heavy atom. The number of carbonyl (C=O) groups is 1. The van der Waals surface area contributed by atoms with Crippen LogP contribution < -0.4 is 0 Å². The molecule has 8 heteroatoms. The summed E-state index contributed by atoms with van der Waals surface area (Å²) < 4.78 is 27.8. The summed E-state index contributed by atoms with van der Waals surface area (Å²) in [6.07, 6.45) is 1.85. The molecule has 0 saturated heterocycles. The number of aliphatic hydroxyl groups excluding tert-OH is 1. The Bertz CT molecular complexity index is 728. The van der Waals surface area contributed by atoms with Crippen molar-refractivity contribution in [3.05, 3.63) is 38.9 Å². The summed E-state index contributed by atoms with van der Waals surface area (Å²) in [5.41, 5.74) is -1.24. The molecule has 2 rings (SSSR count). The van der Waals surface area contributed by atoms with Gasteiger partial charge in [0.1, 0.15) is 17.1 Å². The third-order valence-corrected chi connectivity index (χ3v) is 3.94. The zero-order valence-electron chi connectivity index (χ0n) is 12.0. The Kier molecular flexibility index (Phi) is 5.26. The second kappa shape index (κ2) is 6.84. The van der Waals surface area contributed by atoms with E-state index >= 15 is 0 Å². The van der Waals surface area contributed by atoms with Gasteiger partial charge in [0.05, 0.1) is 27.4 Å². The summed E-state index contributed by atoms with van der Waals surface area (Å²) in [6, 6.07) is 0.617. The molecule has 0 heterocycles. The van der Waals surface area contributed by atoms with Crippen LogP contribution >= 0.6 is 23.2 Å². The molecule has 23 heavy (non-hydrogen) atoms. The van der Waals surface area contributed by atoms with Crippen LogP contribution in [0.3, 0.4) is 0 Å². The van der Waals surface area contributed by atoms with Gasteiger partial charge in [-0.3, -0.25) is 4.99 Å². The first-order valence-corrected chi connectivity index (χ1v) is 7.60. The number of aliphatic imine (C=N–C) groups is 1. The van der Waals surface area contributed by atoms with Crippen molar-refractivity contribution in [1.29, 1.82) is 0 Å². The number of hydrogen-bond donors (Lipinski definition) is 2. The Balaban J connectivity index is 2.69. The zero-order valence-corrected chi connectivity index (χ0v) is 13.5. The fraction of sp³-hybridized carbons (Fsp3) is 0.333. The fourth-order valence-electron chi connectivity index (χ4n) is 2.03. The van der Waals surface area contributed by atoms with E-state index in [1.165, 1.54) is 0 Å². The minimum atomic E-state index is -1.51. The van der Waals surface area contributed by atoms with Crippen molar-refractivity contribution in [2.45, 2.75) is 32.2 Å². The highest BCUT2D eigenvalue weighted by Gasteiger charge is 2.29. The van der Waals surface area contributed by atoms with E-state index in [1.54, 1.807) is 6.92 Å². The lowest BCUT2D eigenvalue weighted by atomic mass is 10.0. The summed E-state index contributed by atoms with van der Waals surface area (Å²) in [5, 5.41) is 18.3. The maximum Gasteiger partial charge on any atom is 0.341 e. The van der Waals surface area contributed by atoms with Gasteiger partial charge in [-0.1, -0.05) is 30.1 Å². The SMILES string of the molecule is CCC(=NC1CC1)C(C(=O)O)=C(O)c1c(F)cc(Cl)c(F)c1Cl. The van der Waals surface area contributed by atoms with Crippen LogP contribution in [0, 0.1) is 11.6 Å². The lowest BCUT2D eigenvalue weighted by Crippen LogP contribution is -2.16. The van der Waals surface area contributed by atoms with E-state index in [4.69, 9.17) is 23.2 Å². The predicted molar refractivity (Wildman–Crippen MR) is 84.3 cm³/mol. The van der Waals surface area contributed by atoms with Gasteiger partial charge in [0.25, 0.3) is 0 Å². The third-order valence-electron chi connectivity index (χ3n) is 3.31. The standard InChI is InChI=1S/C15H13Cl2F2NO3/c1-2-9(20-6-3-4-6)11(15(22)23)14(21)10-8(18)5-7(16)13(19)12(10)17/h5-6,21H,2-4H2,1H3,(H,22,23). The van der Waals surface area contributed by atoms with Gasteiger partial charge in [-0.05, 0) is 25.3 Å². The quantitative estimate of drug-likeness (QED) is 0.263. The topological polar surface area (TPSA) is 69.9 Å². The van der Waals surface area contributed by atoms with Gasteiger partial charge in [0.2, 0.25) is 0 Å². The number of benzene rings is 1. The molecule has 0 amide bonds. The van der Waals surface area contributed by atoms with Gasteiger partial charge in [0, 0.05) is 0 Å². The minimum absolute atomic E-state index is 0.00521. The minimum Gasteiger partial charge on any atom is -0.506 e. The summed E-state index contributed by atoms with van der Waals surface area (Å²) in [4.78, 5) is 15.7. The summed E-state index contributed by atoms with van der Waals surface area (Å²) >= 11 is 11.2. The molecule has 0 spiro atoms. The van der Waals surface area contributed by atoms with Gasteiger partial charge in [0.15, 0.2) is 5.82 Å². The number of aliphatic hydroxyl groups is 1. The molecule has 1 saturated carbocycles. The Morgan fingerprint density at radius 2 is 1.96 bits per heavy atom. The summed E-state index contributed by atoms with van der Waals surface area (Å²) in [6.45, 7) is 1.65. The Labute approximate surface area is 141 Å². The third kappa shape index (κ3) is 3.64. The molecule has 0 unspecified atom stereocenters. The van der Waals surface area contributed by atoms with Crippen LogP contribution in [0.15, 0.2) is 16.6 Å². The molecule has 1 aromatic rings. The molecule has 0 aliphatic heterocycles. The average molecular weight is 364 g/mol. The van der Waals surface area contributed by atoms with Crippen molar-refractivity contribution >= 4 is 40.6 Å². The van der Waals surface area contributed by atoms with E-state index in [2.05, 4.69) is 4.99 Å². The molecule has 0 atom stereocenters. The van der Waals surface area contributed by atoms with Gasteiger partial charge in [-0.15, -0.1) is 0 Å². The Morgan fingerprint density at radius 3 is 2.43 bits per heavy atom. The highest BCUT2D eigenvalue weighted by molar-refractivity contribution is 6.36. The number of halogens is 4. The molecule has 1 fully saturated rings. The first-order valence-electron chi connectivity index (χ1n) is 6.84. The van der Waals surface area contributed by atoms with E-state index in [0.29, 0.717) is 6.07 Å². The molecule has 0 aromatic heterocycles. The van der Waals surface area contributed by atoms with Crippen LogP contribution in [0.5, 0.6) is 0 Å². The van der Waals surface area contributed by atoms with E-state index in [9.17, 15) is 23.8 Å². The normalized spacial score (nSPS) is 16.3. The molecule has 4 nitrogen and oxygen atoms in total. The fourth-order valence-corrected chi connectivity index (χ4v) is 2.55. The molecule has 1 aliphatic carbocycles. The first kappa shape index (κ1) is 17.7. The van der Waals surface area contributed by atoms with E-state index in [1.807, 2.05) is 0 Å². The number of carboxylic acids is 1. The zero-order chi connectivity index (χ0) is 17.3. The van der Waals surface area contributed by atoms with Crippen molar-refractivity contribution in [3.8, 4) is 0 Å². The number of rotatable bonds is 5. The van der Waals surface area contributed by atoms with Crippen molar-refractivity contribution in [1.82, 2.24) is 0 Å². The van der Waals surface area contributed by atoms with Crippen LogP contribution in [-0.4, -0.2) is 27.9 Å². The van der Waals surface area contributed by atoms with Crippen molar-refractivity contribution < 1.29 is 23.8 Å². The van der Waals surface area contributed by atoms with Gasteiger partial charge in [-0.25, -0.2) is 13.6 Å². The highest BCUT2D eigenvalue weighted by Crippen LogP contribution is 2.35. The van der Waals surface area contributed by atoms with E-state index < -0.39 is 44.5 Å². The van der Waals surface area contributed by atoms with Crippen LogP contribution in [0.2, 0.25) is 10.0 Å². The van der Waals surface area contributed by atoms with Crippen molar-refractivity contribution in [2.24, 2.45) is 4.99 Å². The lowest BCUT2D eigenvalue weighted by Gasteiger charge is -2.12. The predicted octanol–water partition coefficient (Wildman–Crippen LogP) is 4.64. The van der Waals surface area contributed by atoms with Gasteiger partial charge < -0.3 is 10.2 Å². The van der Waals surface area contributed by atoms with Crippen molar-refractivity contribution in [2.75, 3.05) is 0 Å². The molecule has 0 bridgehead atoms. The molecule has 0 radical (unpaired) electrons. The second-order valence-electron chi connectivity index (χ2n) is 5.03. The number of carboxylic acid groups (broad SMARTS) is 1. The largest absolute Gasteiger partial charge is 0.506 e. The van der Waals surface area contributed by atoms with Crippen LogP contribution in [-0.2, 0) is 4.79 Å². The second-order valence-corrected chi connectivity index (χ2v) is 5.82. The van der Waals surface area contributed by atoms with Crippen LogP contribution in [0.1, 0.15) is 31.7 Å². The first-order chi connectivity index (χ1) is 10.8. The van der Waals surface area contributed by atoms with E-state index in [0.717, 1.165) is 12.8 Å². The maximum absolute atomic E-state index is 14.0. The average Bonchev–Trinajstić information content (AvgIpc) is 3.27. The van der Waals surface area contributed by atoms with Gasteiger partial charge >= 0.3 is 5.97 Å². The monoisotopic (exact) mass is 363 g/mol. The number of hydrogen-bond acceptors (Lipinski definition) is 3. The van der Waals surface area contributed by atoms with E-state index in [-0.39, 0.29) is 18.2 Å². The molecule has 1 aromatic carbocycles. The Hall–Kier alpha value is -1.66.